The molecule has 1 aromatic rings. The molecule has 2 aliphatic rings. The summed E-state index contributed by atoms with van der Waals surface area (Å²) in [5.74, 6) is 0. The number of hydrogen-bond donors (Lipinski definition) is 1. The van der Waals surface area contributed by atoms with E-state index in [2.05, 4.69) is 35.3 Å². The predicted molar refractivity (Wildman–Crippen MR) is 85.1 cm³/mol. The fraction of sp³-hybridized carbons (Fsp3) is 0.667. The van der Waals surface area contributed by atoms with Crippen LogP contribution in [0.2, 0.25) is 0 Å². The maximum absolute atomic E-state index is 3.66. The molecule has 0 unspecified atom stereocenters. The van der Waals surface area contributed by atoms with E-state index in [9.17, 15) is 0 Å². The Morgan fingerprint density at radius 3 is 2.75 bits per heavy atom. The number of nitrogens with one attached hydrogen (secondary N) is 1. The maximum Gasteiger partial charge on any atom is 0.0233 e. The first-order chi connectivity index (χ1) is 9.85. The highest BCUT2D eigenvalue weighted by atomic mass is 15.1. The minimum atomic E-state index is 0.756. The molecular formula is C18H28N2. The number of benzene rings is 1. The molecular weight excluding hydrogens is 244 g/mol. The average Bonchev–Trinajstić information content (AvgIpc) is 2.94. The largest absolute Gasteiger partial charge is 0.314 e. The minimum absolute atomic E-state index is 0.756. The SMILES string of the molecule is CCCNC1CCN(Cc2ccc3c(c2)CCC3)CC1. The van der Waals surface area contributed by atoms with Crippen LogP contribution in [0.5, 0.6) is 0 Å². The summed E-state index contributed by atoms with van der Waals surface area (Å²) in [5.41, 5.74) is 4.73. The van der Waals surface area contributed by atoms with Gasteiger partial charge < -0.3 is 5.32 Å². The molecule has 0 saturated carbocycles. The number of nitrogens with zero attached hydrogens (tertiary/aromatic N) is 1. The van der Waals surface area contributed by atoms with Crippen LogP contribution in [0.15, 0.2) is 18.2 Å². The Kier molecular flexibility index (Phi) is 4.74. The van der Waals surface area contributed by atoms with Crippen LogP contribution in [0.1, 0.15) is 49.3 Å². The quantitative estimate of drug-likeness (QED) is 0.886. The van der Waals surface area contributed by atoms with Gasteiger partial charge in [0.2, 0.25) is 0 Å². The topological polar surface area (TPSA) is 15.3 Å². The second kappa shape index (κ2) is 6.73. The molecule has 0 atom stereocenters. The summed E-state index contributed by atoms with van der Waals surface area (Å²) >= 11 is 0. The van der Waals surface area contributed by atoms with E-state index in [0.29, 0.717) is 0 Å². The molecule has 1 heterocycles. The molecule has 20 heavy (non-hydrogen) atoms. The first-order valence-corrected chi connectivity index (χ1v) is 8.41. The van der Waals surface area contributed by atoms with Crippen LogP contribution in [-0.4, -0.2) is 30.6 Å². The van der Waals surface area contributed by atoms with Crippen molar-refractivity contribution < 1.29 is 0 Å². The van der Waals surface area contributed by atoms with E-state index in [1.807, 2.05) is 0 Å². The highest BCUT2D eigenvalue weighted by Crippen LogP contribution is 2.24. The van der Waals surface area contributed by atoms with Gasteiger partial charge in [-0.1, -0.05) is 25.1 Å². The van der Waals surface area contributed by atoms with E-state index in [4.69, 9.17) is 0 Å². The van der Waals surface area contributed by atoms with Gasteiger partial charge in [0.25, 0.3) is 0 Å². The Hall–Kier alpha value is -0.860. The number of aryl methyl sites for hydroxylation is 2. The van der Waals surface area contributed by atoms with Gasteiger partial charge in [0.1, 0.15) is 0 Å². The molecule has 0 spiro atoms. The van der Waals surface area contributed by atoms with Gasteiger partial charge in [-0.15, -0.1) is 0 Å². The standard InChI is InChI=1S/C18H28N2/c1-2-10-19-18-8-11-20(12-9-18)14-15-6-7-16-4-3-5-17(16)13-15/h6-7,13,18-19H,2-5,8-12,14H2,1H3. The van der Waals surface area contributed by atoms with E-state index in [1.165, 1.54) is 63.7 Å². The normalized spacial score (nSPS) is 20.2. The third-order valence-corrected chi connectivity index (χ3v) is 4.84. The first kappa shape index (κ1) is 14.1. The molecule has 1 aromatic carbocycles. The first-order valence-electron chi connectivity index (χ1n) is 8.41. The molecule has 0 aromatic heterocycles. The number of fused-ring (bicyclic) bond motifs is 1. The molecule has 1 saturated heterocycles. The van der Waals surface area contributed by atoms with Crippen molar-refractivity contribution in [3.63, 3.8) is 0 Å². The van der Waals surface area contributed by atoms with Crippen molar-refractivity contribution in [2.24, 2.45) is 0 Å². The monoisotopic (exact) mass is 272 g/mol. The second-order valence-corrected chi connectivity index (χ2v) is 6.46. The average molecular weight is 272 g/mol. The summed E-state index contributed by atoms with van der Waals surface area (Å²) in [6.45, 7) is 7.07. The van der Waals surface area contributed by atoms with E-state index in [-0.39, 0.29) is 0 Å². The van der Waals surface area contributed by atoms with Gasteiger partial charge in [0, 0.05) is 12.6 Å². The van der Waals surface area contributed by atoms with Crippen LogP contribution in [0.4, 0.5) is 0 Å². The summed E-state index contributed by atoms with van der Waals surface area (Å²) < 4.78 is 0. The summed E-state index contributed by atoms with van der Waals surface area (Å²) in [7, 11) is 0. The molecule has 3 rings (SSSR count). The van der Waals surface area contributed by atoms with Crippen LogP contribution < -0.4 is 5.32 Å². The molecule has 2 heteroatoms. The minimum Gasteiger partial charge on any atom is -0.314 e. The van der Waals surface area contributed by atoms with E-state index in [1.54, 1.807) is 11.1 Å². The Balaban J connectivity index is 1.50. The predicted octanol–water partition coefficient (Wildman–Crippen LogP) is 3.14. The fourth-order valence-electron chi connectivity index (χ4n) is 3.63. The molecule has 1 N–H and O–H groups in total. The van der Waals surface area contributed by atoms with Crippen LogP contribution >= 0.6 is 0 Å². The lowest BCUT2D eigenvalue weighted by atomic mass is 10.0. The van der Waals surface area contributed by atoms with Crippen LogP contribution in [0.25, 0.3) is 0 Å². The van der Waals surface area contributed by atoms with Gasteiger partial charge in [-0.3, -0.25) is 4.90 Å². The molecule has 0 amide bonds. The van der Waals surface area contributed by atoms with Gasteiger partial charge in [0.05, 0.1) is 0 Å². The highest BCUT2D eigenvalue weighted by Gasteiger charge is 2.19. The van der Waals surface area contributed by atoms with E-state index < -0.39 is 0 Å². The van der Waals surface area contributed by atoms with Crippen molar-refractivity contribution >= 4 is 0 Å². The summed E-state index contributed by atoms with van der Waals surface area (Å²) in [5, 5.41) is 3.66. The second-order valence-electron chi connectivity index (χ2n) is 6.46. The Labute approximate surface area is 123 Å². The van der Waals surface area contributed by atoms with Gasteiger partial charge in [0.15, 0.2) is 0 Å². The molecule has 1 fully saturated rings. The van der Waals surface area contributed by atoms with Crippen molar-refractivity contribution in [3.05, 3.63) is 34.9 Å². The smallest absolute Gasteiger partial charge is 0.0233 e. The molecule has 1 aliphatic carbocycles. The molecule has 110 valence electrons. The zero-order chi connectivity index (χ0) is 13.8. The Bertz CT molecular complexity index is 433. The van der Waals surface area contributed by atoms with Crippen molar-refractivity contribution in [1.29, 1.82) is 0 Å². The molecule has 1 aliphatic heterocycles. The molecule has 0 radical (unpaired) electrons. The van der Waals surface area contributed by atoms with Gasteiger partial charge in [-0.05, 0) is 74.8 Å². The van der Waals surface area contributed by atoms with Gasteiger partial charge >= 0.3 is 0 Å². The van der Waals surface area contributed by atoms with Crippen LogP contribution in [0.3, 0.4) is 0 Å². The van der Waals surface area contributed by atoms with Crippen molar-refractivity contribution in [2.75, 3.05) is 19.6 Å². The molecule has 0 bridgehead atoms. The lowest BCUT2D eigenvalue weighted by Crippen LogP contribution is -2.42. The summed E-state index contributed by atoms with van der Waals surface area (Å²) in [6.07, 6.45) is 7.81. The third-order valence-electron chi connectivity index (χ3n) is 4.84. The van der Waals surface area contributed by atoms with E-state index >= 15 is 0 Å². The zero-order valence-electron chi connectivity index (χ0n) is 12.8. The molecule has 2 nitrogen and oxygen atoms in total. The lowest BCUT2D eigenvalue weighted by molar-refractivity contribution is 0.191. The highest BCUT2D eigenvalue weighted by molar-refractivity contribution is 5.35. The number of piperidine rings is 1. The van der Waals surface area contributed by atoms with E-state index in [0.717, 1.165) is 12.6 Å². The summed E-state index contributed by atoms with van der Waals surface area (Å²) in [6, 6.07) is 7.94. The zero-order valence-corrected chi connectivity index (χ0v) is 12.8. The van der Waals surface area contributed by atoms with Crippen molar-refractivity contribution in [1.82, 2.24) is 10.2 Å². The number of hydrogen-bond acceptors (Lipinski definition) is 2. The van der Waals surface area contributed by atoms with Crippen molar-refractivity contribution in [2.45, 2.75) is 58.0 Å². The fourth-order valence-corrected chi connectivity index (χ4v) is 3.63. The van der Waals surface area contributed by atoms with Crippen LogP contribution in [-0.2, 0) is 19.4 Å². The van der Waals surface area contributed by atoms with Gasteiger partial charge in [-0.25, -0.2) is 0 Å². The third kappa shape index (κ3) is 3.42. The number of rotatable bonds is 5. The Morgan fingerprint density at radius 1 is 1.15 bits per heavy atom. The van der Waals surface area contributed by atoms with Crippen LogP contribution in [0, 0.1) is 0 Å². The maximum atomic E-state index is 3.66. The summed E-state index contributed by atoms with van der Waals surface area (Å²) in [4.78, 5) is 2.63. The van der Waals surface area contributed by atoms with Gasteiger partial charge in [-0.2, -0.15) is 0 Å². The Morgan fingerprint density at radius 2 is 1.95 bits per heavy atom. The van der Waals surface area contributed by atoms with Crippen molar-refractivity contribution in [3.8, 4) is 0 Å². The number of likely N-dealkylation sites (tertiary alicyclic amines) is 1. The lowest BCUT2D eigenvalue weighted by Gasteiger charge is -2.32.